The molecule has 0 bridgehead atoms. The van der Waals surface area contributed by atoms with Crippen LogP contribution in [-0.4, -0.2) is 4.92 Å². The maximum Gasteiger partial charge on any atom is 0.271 e. The summed E-state index contributed by atoms with van der Waals surface area (Å²) < 4.78 is 0. The number of fused-ring (bicyclic) bond motifs is 1. The lowest BCUT2D eigenvalue weighted by molar-refractivity contribution is -0.384. The van der Waals surface area contributed by atoms with Crippen molar-refractivity contribution >= 4 is 11.4 Å². The molecule has 0 saturated heterocycles. The molecule has 0 fully saturated rings. The van der Waals surface area contributed by atoms with Crippen molar-refractivity contribution in [2.45, 2.75) is 18.9 Å². The first-order valence-electron chi connectivity index (χ1n) is 4.42. The smallest absolute Gasteiger partial charge is 0.271 e. The summed E-state index contributed by atoms with van der Waals surface area (Å²) >= 11 is 0. The Morgan fingerprint density at radius 2 is 2.21 bits per heavy atom. The number of hydrogen-bond donors (Lipinski definition) is 2. The third-order valence-electron chi connectivity index (χ3n) is 2.59. The Labute approximate surface area is 80.9 Å². The Balaban J connectivity index is 2.57. The molecule has 1 atom stereocenters. The van der Waals surface area contributed by atoms with Crippen LogP contribution in [0.1, 0.15) is 23.6 Å². The maximum atomic E-state index is 10.6. The van der Waals surface area contributed by atoms with Gasteiger partial charge in [-0.15, -0.1) is 0 Å². The molecule has 0 aliphatic heterocycles. The van der Waals surface area contributed by atoms with Crippen LogP contribution in [0.5, 0.6) is 0 Å². The molecule has 0 aromatic heterocycles. The van der Waals surface area contributed by atoms with Gasteiger partial charge in [0, 0.05) is 23.9 Å². The number of benzene rings is 1. The number of hydrogen-bond acceptors (Lipinski definition) is 4. The van der Waals surface area contributed by atoms with Gasteiger partial charge in [0.05, 0.1) is 4.92 Å². The first kappa shape index (κ1) is 8.96. The van der Waals surface area contributed by atoms with Crippen LogP contribution in [0.2, 0.25) is 0 Å². The highest BCUT2D eigenvalue weighted by atomic mass is 16.6. The number of non-ortho nitro benzene ring substituents is 1. The standard InChI is InChI=1S/C9H11N3O2/c10-7-2-1-5-3-6(12(13)14)4-8(11)9(5)7/h3-4,7H,1-2,10-11H2/t7-/m0/s1. The van der Waals surface area contributed by atoms with Crippen molar-refractivity contribution in [2.24, 2.45) is 5.73 Å². The molecule has 0 saturated carbocycles. The van der Waals surface area contributed by atoms with E-state index in [0.717, 1.165) is 24.0 Å². The van der Waals surface area contributed by atoms with E-state index in [1.165, 1.54) is 6.07 Å². The summed E-state index contributed by atoms with van der Waals surface area (Å²) in [4.78, 5) is 10.1. The molecule has 0 amide bonds. The second-order valence-corrected chi connectivity index (χ2v) is 3.51. The molecule has 2 rings (SSSR count). The molecular formula is C9H11N3O2. The number of nitrogens with two attached hydrogens (primary N) is 2. The molecule has 0 heterocycles. The van der Waals surface area contributed by atoms with Gasteiger partial charge in [-0.3, -0.25) is 10.1 Å². The monoisotopic (exact) mass is 193 g/mol. The lowest BCUT2D eigenvalue weighted by atomic mass is 10.1. The molecule has 0 radical (unpaired) electrons. The van der Waals surface area contributed by atoms with Crippen LogP contribution in [0, 0.1) is 10.1 Å². The van der Waals surface area contributed by atoms with E-state index in [1.807, 2.05) is 0 Å². The van der Waals surface area contributed by atoms with E-state index in [-0.39, 0.29) is 11.7 Å². The Morgan fingerprint density at radius 3 is 2.86 bits per heavy atom. The van der Waals surface area contributed by atoms with Crippen LogP contribution < -0.4 is 11.5 Å². The van der Waals surface area contributed by atoms with Crippen LogP contribution >= 0.6 is 0 Å². The highest BCUT2D eigenvalue weighted by Crippen LogP contribution is 2.36. The number of nitrogen functional groups attached to an aromatic ring is 1. The zero-order valence-corrected chi connectivity index (χ0v) is 7.56. The van der Waals surface area contributed by atoms with E-state index in [9.17, 15) is 10.1 Å². The summed E-state index contributed by atoms with van der Waals surface area (Å²) in [5.74, 6) is 0. The Kier molecular flexibility index (Phi) is 1.89. The summed E-state index contributed by atoms with van der Waals surface area (Å²) in [5.41, 5.74) is 13.8. The second-order valence-electron chi connectivity index (χ2n) is 3.51. The van der Waals surface area contributed by atoms with Gasteiger partial charge in [-0.1, -0.05) is 0 Å². The van der Waals surface area contributed by atoms with Crippen LogP contribution in [-0.2, 0) is 6.42 Å². The SMILES string of the molecule is Nc1cc([N+](=O)[O-])cc2c1[C@@H](N)CC2. The summed E-state index contributed by atoms with van der Waals surface area (Å²) in [5, 5.41) is 10.6. The van der Waals surface area contributed by atoms with Gasteiger partial charge in [-0.25, -0.2) is 0 Å². The van der Waals surface area contributed by atoms with E-state index in [0.29, 0.717) is 5.69 Å². The minimum Gasteiger partial charge on any atom is -0.398 e. The number of nitrogens with zero attached hydrogens (tertiary/aromatic N) is 1. The lowest BCUT2D eigenvalue weighted by Gasteiger charge is -2.07. The van der Waals surface area contributed by atoms with Gasteiger partial charge in [0.15, 0.2) is 0 Å². The largest absolute Gasteiger partial charge is 0.398 e. The van der Waals surface area contributed by atoms with Crippen molar-refractivity contribution in [1.82, 2.24) is 0 Å². The molecule has 74 valence electrons. The molecule has 5 heteroatoms. The van der Waals surface area contributed by atoms with Crippen molar-refractivity contribution in [3.8, 4) is 0 Å². The molecular weight excluding hydrogens is 182 g/mol. The molecule has 4 N–H and O–H groups in total. The van der Waals surface area contributed by atoms with Gasteiger partial charge in [0.2, 0.25) is 0 Å². The summed E-state index contributed by atoms with van der Waals surface area (Å²) in [6.45, 7) is 0. The third-order valence-corrected chi connectivity index (χ3v) is 2.59. The predicted octanol–water partition coefficient (Wildman–Crippen LogP) is 1.12. The van der Waals surface area contributed by atoms with E-state index < -0.39 is 4.92 Å². The van der Waals surface area contributed by atoms with Crippen molar-refractivity contribution in [3.05, 3.63) is 33.4 Å². The Hall–Kier alpha value is -1.62. The van der Waals surface area contributed by atoms with Gasteiger partial charge in [-0.05, 0) is 24.0 Å². The highest BCUT2D eigenvalue weighted by Gasteiger charge is 2.24. The Morgan fingerprint density at radius 1 is 1.50 bits per heavy atom. The van der Waals surface area contributed by atoms with Crippen LogP contribution in [0.4, 0.5) is 11.4 Å². The first-order valence-corrected chi connectivity index (χ1v) is 4.42. The molecule has 1 aliphatic rings. The van der Waals surface area contributed by atoms with Crippen molar-refractivity contribution in [3.63, 3.8) is 0 Å². The number of nitro benzene ring substituents is 1. The van der Waals surface area contributed by atoms with E-state index in [2.05, 4.69) is 0 Å². The molecule has 5 nitrogen and oxygen atoms in total. The fourth-order valence-electron chi connectivity index (χ4n) is 1.94. The molecule has 1 aliphatic carbocycles. The summed E-state index contributed by atoms with van der Waals surface area (Å²) in [6, 6.07) is 2.88. The first-order chi connectivity index (χ1) is 6.59. The predicted molar refractivity (Wildman–Crippen MR) is 52.8 cm³/mol. The number of anilines is 1. The van der Waals surface area contributed by atoms with Crippen LogP contribution in [0.25, 0.3) is 0 Å². The van der Waals surface area contributed by atoms with Crippen LogP contribution in [0.15, 0.2) is 12.1 Å². The average Bonchev–Trinajstić information content (AvgIpc) is 2.48. The number of aryl methyl sites for hydroxylation is 1. The van der Waals surface area contributed by atoms with E-state index in [1.54, 1.807) is 6.07 Å². The van der Waals surface area contributed by atoms with Crippen molar-refractivity contribution < 1.29 is 4.92 Å². The molecule has 0 spiro atoms. The fraction of sp³-hybridized carbons (Fsp3) is 0.333. The van der Waals surface area contributed by atoms with Gasteiger partial charge in [-0.2, -0.15) is 0 Å². The van der Waals surface area contributed by atoms with E-state index in [4.69, 9.17) is 11.5 Å². The highest BCUT2D eigenvalue weighted by molar-refractivity contribution is 5.60. The van der Waals surface area contributed by atoms with Gasteiger partial charge in [0.1, 0.15) is 0 Å². The van der Waals surface area contributed by atoms with Crippen LogP contribution in [0.3, 0.4) is 0 Å². The number of rotatable bonds is 1. The summed E-state index contributed by atoms with van der Waals surface area (Å²) in [7, 11) is 0. The Bertz CT molecular complexity index is 403. The van der Waals surface area contributed by atoms with Gasteiger partial charge < -0.3 is 11.5 Å². The van der Waals surface area contributed by atoms with E-state index >= 15 is 0 Å². The van der Waals surface area contributed by atoms with Crippen molar-refractivity contribution in [1.29, 1.82) is 0 Å². The lowest BCUT2D eigenvalue weighted by Crippen LogP contribution is -2.08. The minimum atomic E-state index is -0.430. The van der Waals surface area contributed by atoms with Gasteiger partial charge >= 0.3 is 0 Å². The van der Waals surface area contributed by atoms with Gasteiger partial charge in [0.25, 0.3) is 5.69 Å². The zero-order chi connectivity index (χ0) is 10.3. The topological polar surface area (TPSA) is 95.2 Å². The minimum absolute atomic E-state index is 0.0513. The normalized spacial score (nSPS) is 19.4. The molecule has 1 aromatic rings. The van der Waals surface area contributed by atoms with Crippen molar-refractivity contribution in [2.75, 3.05) is 5.73 Å². The average molecular weight is 193 g/mol. The second kappa shape index (κ2) is 2.95. The third kappa shape index (κ3) is 1.22. The molecule has 0 unspecified atom stereocenters. The quantitative estimate of drug-likeness (QED) is 0.397. The summed E-state index contributed by atoms with van der Waals surface area (Å²) in [6.07, 6.45) is 1.60. The maximum absolute atomic E-state index is 10.6. The molecule has 1 aromatic carbocycles. The fourth-order valence-corrected chi connectivity index (χ4v) is 1.94. The zero-order valence-electron chi connectivity index (χ0n) is 7.56. The molecule has 14 heavy (non-hydrogen) atoms. The number of nitro groups is 1.